The number of nitrogens with one attached hydrogen (secondary N) is 1. The van der Waals surface area contributed by atoms with E-state index in [-0.39, 0.29) is 24.6 Å². The molecule has 0 bridgehead atoms. The molecule has 0 saturated carbocycles. The van der Waals surface area contributed by atoms with Gasteiger partial charge in [0.1, 0.15) is 5.75 Å². The Balaban J connectivity index is 2.35. The van der Waals surface area contributed by atoms with Crippen molar-refractivity contribution in [3.63, 3.8) is 0 Å². The molecular weight excluding hydrogens is 282 g/mol. The van der Waals surface area contributed by atoms with Crippen molar-refractivity contribution in [2.45, 2.75) is 46.1 Å². The van der Waals surface area contributed by atoms with Gasteiger partial charge in [0, 0.05) is 6.54 Å². The molecule has 0 aromatic heterocycles. The molecule has 0 aliphatic heterocycles. The summed E-state index contributed by atoms with van der Waals surface area (Å²) in [4.78, 5) is 23.2. The van der Waals surface area contributed by atoms with Gasteiger partial charge < -0.3 is 14.8 Å². The third-order valence-corrected chi connectivity index (χ3v) is 2.91. The zero-order chi connectivity index (χ0) is 16.4. The first-order chi connectivity index (χ1) is 10.5. The largest absolute Gasteiger partial charge is 0.484 e. The van der Waals surface area contributed by atoms with E-state index in [0.717, 1.165) is 19.3 Å². The van der Waals surface area contributed by atoms with Gasteiger partial charge in [0.15, 0.2) is 6.61 Å². The summed E-state index contributed by atoms with van der Waals surface area (Å²) in [5, 5.41) is 2.80. The fourth-order valence-electron chi connectivity index (χ4n) is 1.77. The Morgan fingerprint density at radius 1 is 1.14 bits per heavy atom. The Kier molecular flexibility index (Phi) is 8.04. The van der Waals surface area contributed by atoms with Crippen molar-refractivity contribution < 1.29 is 19.1 Å². The van der Waals surface area contributed by atoms with Gasteiger partial charge in [-0.3, -0.25) is 4.79 Å². The lowest BCUT2D eigenvalue weighted by atomic mass is 10.2. The van der Waals surface area contributed by atoms with Gasteiger partial charge in [-0.1, -0.05) is 19.8 Å². The predicted octanol–water partition coefficient (Wildman–Crippen LogP) is 2.94. The van der Waals surface area contributed by atoms with E-state index in [0.29, 0.717) is 17.9 Å². The zero-order valence-electron chi connectivity index (χ0n) is 13.6. The van der Waals surface area contributed by atoms with E-state index in [1.54, 1.807) is 38.1 Å². The van der Waals surface area contributed by atoms with E-state index in [1.807, 2.05) is 0 Å². The maximum Gasteiger partial charge on any atom is 0.338 e. The molecule has 0 unspecified atom stereocenters. The van der Waals surface area contributed by atoms with Crippen LogP contribution in [0.1, 0.15) is 50.4 Å². The second-order valence-corrected chi connectivity index (χ2v) is 5.32. The Bertz CT molecular complexity index is 468. The van der Waals surface area contributed by atoms with Gasteiger partial charge in [0.05, 0.1) is 11.7 Å². The zero-order valence-corrected chi connectivity index (χ0v) is 13.6. The van der Waals surface area contributed by atoms with Crippen molar-refractivity contribution in [2.24, 2.45) is 0 Å². The third-order valence-electron chi connectivity index (χ3n) is 2.91. The molecule has 0 atom stereocenters. The minimum Gasteiger partial charge on any atom is -0.484 e. The number of rotatable bonds is 9. The summed E-state index contributed by atoms with van der Waals surface area (Å²) in [7, 11) is 0. The van der Waals surface area contributed by atoms with Crippen LogP contribution in [0.2, 0.25) is 0 Å². The van der Waals surface area contributed by atoms with Crippen LogP contribution in [0.5, 0.6) is 5.75 Å². The first-order valence-electron chi connectivity index (χ1n) is 7.73. The minimum atomic E-state index is -0.366. The normalized spacial score (nSPS) is 10.4. The molecule has 0 radical (unpaired) electrons. The van der Waals surface area contributed by atoms with E-state index in [2.05, 4.69) is 12.2 Å². The lowest BCUT2D eigenvalue weighted by molar-refractivity contribution is -0.123. The number of carbonyl (C=O) groups excluding carboxylic acids is 2. The van der Waals surface area contributed by atoms with E-state index in [1.165, 1.54) is 0 Å². The Morgan fingerprint density at radius 3 is 2.41 bits per heavy atom. The van der Waals surface area contributed by atoms with Gasteiger partial charge in [0.25, 0.3) is 5.91 Å². The molecule has 0 saturated heterocycles. The average molecular weight is 307 g/mol. The summed E-state index contributed by atoms with van der Waals surface area (Å²) >= 11 is 0. The van der Waals surface area contributed by atoms with Crippen molar-refractivity contribution in [2.75, 3.05) is 13.2 Å². The molecule has 1 aromatic rings. The summed E-state index contributed by atoms with van der Waals surface area (Å²) in [6, 6.07) is 6.56. The molecule has 0 heterocycles. The number of ether oxygens (including phenoxy) is 2. The summed E-state index contributed by atoms with van der Waals surface area (Å²) in [6.45, 7) is 6.37. The molecule has 5 nitrogen and oxygen atoms in total. The number of hydrogen-bond acceptors (Lipinski definition) is 4. The van der Waals surface area contributed by atoms with Gasteiger partial charge in [0.2, 0.25) is 0 Å². The highest BCUT2D eigenvalue weighted by Crippen LogP contribution is 2.13. The van der Waals surface area contributed by atoms with Crippen LogP contribution >= 0.6 is 0 Å². The fourth-order valence-corrected chi connectivity index (χ4v) is 1.77. The minimum absolute atomic E-state index is 0.0259. The first-order valence-corrected chi connectivity index (χ1v) is 7.73. The molecule has 1 rings (SSSR count). The van der Waals surface area contributed by atoms with Crippen LogP contribution in [0.3, 0.4) is 0 Å². The van der Waals surface area contributed by atoms with Gasteiger partial charge >= 0.3 is 5.97 Å². The van der Waals surface area contributed by atoms with Crippen molar-refractivity contribution in [1.82, 2.24) is 5.32 Å². The third kappa shape index (κ3) is 7.11. The Hall–Kier alpha value is -2.04. The highest BCUT2D eigenvalue weighted by atomic mass is 16.5. The molecule has 0 aliphatic rings. The number of benzene rings is 1. The van der Waals surface area contributed by atoms with Crippen LogP contribution in [0.4, 0.5) is 0 Å². The first kappa shape index (κ1) is 18.0. The quantitative estimate of drug-likeness (QED) is 0.563. The molecule has 0 fully saturated rings. The number of unbranched alkanes of at least 4 members (excludes halogenated alkanes) is 2. The van der Waals surface area contributed by atoms with E-state index < -0.39 is 0 Å². The standard InChI is InChI=1S/C17H25NO4/c1-4-5-6-11-18-16(19)12-21-15-9-7-14(8-10-15)17(20)22-13(2)3/h7-10,13H,4-6,11-12H2,1-3H3,(H,18,19). The van der Waals surface area contributed by atoms with Crippen LogP contribution in [-0.4, -0.2) is 31.1 Å². The van der Waals surface area contributed by atoms with Crippen LogP contribution in [0.25, 0.3) is 0 Å². The van der Waals surface area contributed by atoms with Crippen LogP contribution in [0, 0.1) is 0 Å². The Morgan fingerprint density at radius 2 is 1.82 bits per heavy atom. The summed E-state index contributed by atoms with van der Waals surface area (Å²) in [6.07, 6.45) is 3.06. The Labute approximate surface area is 132 Å². The predicted molar refractivity (Wildman–Crippen MR) is 85.0 cm³/mol. The number of esters is 1. The summed E-state index contributed by atoms with van der Waals surface area (Å²) in [5.74, 6) is 0.0411. The molecular formula is C17H25NO4. The highest BCUT2D eigenvalue weighted by molar-refractivity contribution is 5.89. The van der Waals surface area contributed by atoms with Crippen LogP contribution in [-0.2, 0) is 9.53 Å². The molecule has 22 heavy (non-hydrogen) atoms. The average Bonchev–Trinajstić information content (AvgIpc) is 2.49. The molecule has 1 amide bonds. The molecule has 1 N–H and O–H groups in total. The number of hydrogen-bond donors (Lipinski definition) is 1. The van der Waals surface area contributed by atoms with Crippen LogP contribution in [0.15, 0.2) is 24.3 Å². The van der Waals surface area contributed by atoms with Gasteiger partial charge in [-0.2, -0.15) is 0 Å². The second kappa shape index (κ2) is 9.82. The smallest absolute Gasteiger partial charge is 0.338 e. The van der Waals surface area contributed by atoms with Gasteiger partial charge in [-0.15, -0.1) is 0 Å². The maximum atomic E-state index is 11.7. The summed E-state index contributed by atoms with van der Waals surface area (Å²) < 4.78 is 10.5. The molecule has 0 spiro atoms. The van der Waals surface area contributed by atoms with Crippen molar-refractivity contribution in [3.8, 4) is 5.75 Å². The van der Waals surface area contributed by atoms with E-state index in [9.17, 15) is 9.59 Å². The molecule has 1 aromatic carbocycles. The lowest BCUT2D eigenvalue weighted by Gasteiger charge is -2.09. The second-order valence-electron chi connectivity index (χ2n) is 5.32. The van der Waals surface area contributed by atoms with Gasteiger partial charge in [-0.05, 0) is 44.5 Å². The van der Waals surface area contributed by atoms with Crippen molar-refractivity contribution in [3.05, 3.63) is 29.8 Å². The van der Waals surface area contributed by atoms with E-state index in [4.69, 9.17) is 9.47 Å². The van der Waals surface area contributed by atoms with E-state index >= 15 is 0 Å². The number of carbonyl (C=O) groups is 2. The molecule has 5 heteroatoms. The monoisotopic (exact) mass is 307 g/mol. The highest BCUT2D eigenvalue weighted by Gasteiger charge is 2.09. The lowest BCUT2D eigenvalue weighted by Crippen LogP contribution is -2.29. The van der Waals surface area contributed by atoms with Crippen molar-refractivity contribution >= 4 is 11.9 Å². The maximum absolute atomic E-state index is 11.7. The van der Waals surface area contributed by atoms with Gasteiger partial charge in [-0.25, -0.2) is 4.79 Å². The SMILES string of the molecule is CCCCCNC(=O)COc1ccc(C(=O)OC(C)C)cc1. The fraction of sp³-hybridized carbons (Fsp3) is 0.529. The van der Waals surface area contributed by atoms with Crippen molar-refractivity contribution in [1.29, 1.82) is 0 Å². The number of amides is 1. The van der Waals surface area contributed by atoms with Crippen LogP contribution < -0.4 is 10.1 Å². The summed E-state index contributed by atoms with van der Waals surface area (Å²) in [5.41, 5.74) is 0.463. The molecule has 122 valence electrons. The molecule has 0 aliphatic carbocycles. The topological polar surface area (TPSA) is 64.6 Å².